The predicted octanol–water partition coefficient (Wildman–Crippen LogP) is -2.07. The van der Waals surface area contributed by atoms with Crippen LogP contribution >= 0.6 is 0 Å². The molecule has 1 unspecified atom stereocenters. The van der Waals surface area contributed by atoms with Crippen LogP contribution in [0.4, 0.5) is 0 Å². The summed E-state index contributed by atoms with van der Waals surface area (Å²) >= 11 is 0. The second kappa shape index (κ2) is 4.55. The molecule has 0 rings (SSSR count). The fourth-order valence-corrected chi connectivity index (χ4v) is 0.262. The average Bonchev–Trinajstić information content (AvgIpc) is 1.66. The zero-order valence-corrected chi connectivity index (χ0v) is 5.31. The van der Waals surface area contributed by atoms with Crippen molar-refractivity contribution < 1.29 is 5.01 Å². The summed E-state index contributed by atoms with van der Waals surface area (Å²) in [5, 5.41) is 4.58. The quantitative estimate of drug-likeness (QED) is 0.172. The lowest BCUT2D eigenvalue weighted by atomic mass is 10.9. The van der Waals surface area contributed by atoms with Crippen molar-refractivity contribution in [2.24, 2.45) is 10.9 Å². The number of nitrogens with zero attached hydrogens (tertiary/aromatic N) is 1. The monoisotopic (exact) mass is 117 g/mol. The van der Waals surface area contributed by atoms with Gasteiger partial charge < -0.3 is 0 Å². The largest absolute Gasteiger partial charge is 0.259 e. The summed E-state index contributed by atoms with van der Waals surface area (Å²) in [5.41, 5.74) is 2.74. The van der Waals surface area contributed by atoms with Gasteiger partial charge in [-0.15, -0.1) is 0 Å². The Morgan fingerprint density at radius 3 is 2.88 bits per heavy atom. The van der Waals surface area contributed by atoms with Gasteiger partial charge in [-0.2, -0.15) is 10.9 Å². The first kappa shape index (κ1) is 7.39. The van der Waals surface area contributed by atoms with Crippen molar-refractivity contribution >= 4 is 6.21 Å². The van der Waals surface area contributed by atoms with E-state index in [0.29, 0.717) is 6.67 Å². The van der Waals surface area contributed by atoms with Crippen molar-refractivity contribution in [3.8, 4) is 0 Å². The van der Waals surface area contributed by atoms with E-state index >= 15 is 0 Å². The first-order valence-corrected chi connectivity index (χ1v) is 2.55. The lowest BCUT2D eigenvalue weighted by Gasteiger charge is -2.03. The summed E-state index contributed by atoms with van der Waals surface area (Å²) < 4.78 is 0. The minimum absolute atomic E-state index is 0.657. The lowest BCUT2D eigenvalue weighted by molar-refractivity contribution is -0.895. The highest BCUT2D eigenvalue weighted by Gasteiger charge is 1.84. The molecule has 4 heteroatoms. The molecule has 0 saturated carbocycles. The summed E-state index contributed by atoms with van der Waals surface area (Å²) in [4.78, 5) is 0. The van der Waals surface area contributed by atoms with Crippen LogP contribution in [-0.2, 0) is 0 Å². The van der Waals surface area contributed by atoms with Crippen molar-refractivity contribution in [2.75, 3.05) is 13.7 Å². The van der Waals surface area contributed by atoms with Crippen molar-refractivity contribution in [1.82, 2.24) is 5.43 Å². The molecule has 4 nitrogen and oxygen atoms in total. The van der Waals surface area contributed by atoms with Gasteiger partial charge in [0.1, 0.15) is 0 Å². The Hall–Kier alpha value is -0.610. The molecule has 0 aromatic rings. The van der Waals surface area contributed by atoms with Gasteiger partial charge in [-0.25, -0.2) is 5.01 Å². The van der Waals surface area contributed by atoms with E-state index in [1.165, 1.54) is 0 Å². The third kappa shape index (κ3) is 5.39. The first-order valence-electron chi connectivity index (χ1n) is 2.55. The van der Waals surface area contributed by atoms with Gasteiger partial charge in [0, 0.05) is 6.21 Å². The molecule has 0 bridgehead atoms. The maximum absolute atomic E-state index is 5.31. The summed E-state index contributed by atoms with van der Waals surface area (Å²) in [5.74, 6) is 5.31. The molecule has 0 aliphatic rings. The smallest absolute Gasteiger partial charge is 0.182 e. The molecule has 0 spiro atoms. The zero-order valence-electron chi connectivity index (χ0n) is 5.31. The van der Waals surface area contributed by atoms with Gasteiger partial charge in [0.05, 0.1) is 7.05 Å². The molecule has 1 atom stereocenters. The van der Waals surface area contributed by atoms with Crippen LogP contribution in [-0.4, -0.2) is 19.9 Å². The molecule has 0 fully saturated rings. The highest BCUT2D eigenvalue weighted by molar-refractivity contribution is 5.52. The second-order valence-electron chi connectivity index (χ2n) is 1.57. The van der Waals surface area contributed by atoms with Crippen LogP contribution in [0.25, 0.3) is 0 Å². The van der Waals surface area contributed by atoms with Gasteiger partial charge in [-0.3, -0.25) is 5.43 Å². The van der Waals surface area contributed by atoms with Gasteiger partial charge >= 0.3 is 0 Å². The molecule has 0 aromatic heterocycles. The number of hydrogen-bond donors (Lipinski definition) is 3. The Kier molecular flexibility index (Phi) is 4.20. The molecule has 0 amide bonds. The average molecular weight is 117 g/mol. The van der Waals surface area contributed by atoms with Crippen molar-refractivity contribution in [3.05, 3.63) is 0 Å². The maximum atomic E-state index is 5.31. The van der Waals surface area contributed by atoms with Crippen LogP contribution < -0.4 is 16.3 Å². The molecule has 4 N–H and O–H groups in total. The van der Waals surface area contributed by atoms with Gasteiger partial charge in [-0.05, 0) is 6.92 Å². The Labute approximate surface area is 49.3 Å². The number of hydrogen-bond acceptors (Lipinski definition) is 3. The van der Waals surface area contributed by atoms with Crippen molar-refractivity contribution in [3.63, 3.8) is 0 Å². The van der Waals surface area contributed by atoms with Gasteiger partial charge in [0.2, 0.25) is 0 Å². The molecule has 8 heavy (non-hydrogen) atoms. The summed E-state index contributed by atoms with van der Waals surface area (Å²) in [6, 6.07) is 0. The molecule has 0 aliphatic carbocycles. The van der Waals surface area contributed by atoms with Crippen LogP contribution in [0.1, 0.15) is 6.92 Å². The minimum Gasteiger partial charge on any atom is -0.259 e. The number of quaternary nitrogens is 1. The van der Waals surface area contributed by atoms with Crippen LogP contribution in [0, 0.1) is 0 Å². The Morgan fingerprint density at radius 1 is 1.88 bits per heavy atom. The maximum Gasteiger partial charge on any atom is 0.182 e. The van der Waals surface area contributed by atoms with E-state index in [1.54, 1.807) is 6.21 Å². The molecule has 0 aliphatic heterocycles. The lowest BCUT2D eigenvalue weighted by Crippen LogP contribution is -3.16. The molecule has 0 saturated heterocycles. The molecular weight excluding hydrogens is 104 g/mol. The Morgan fingerprint density at radius 2 is 2.50 bits per heavy atom. The van der Waals surface area contributed by atoms with E-state index in [9.17, 15) is 0 Å². The molecular formula is C4H13N4+. The van der Waals surface area contributed by atoms with Crippen molar-refractivity contribution in [2.45, 2.75) is 6.92 Å². The normalized spacial score (nSPS) is 14.4. The van der Waals surface area contributed by atoms with E-state index < -0.39 is 0 Å². The Bertz CT molecular complexity index is 68.4. The van der Waals surface area contributed by atoms with E-state index in [4.69, 9.17) is 5.84 Å². The van der Waals surface area contributed by atoms with E-state index in [2.05, 4.69) is 10.5 Å². The number of hydrazone groups is 1. The van der Waals surface area contributed by atoms with Gasteiger partial charge in [0.25, 0.3) is 0 Å². The van der Waals surface area contributed by atoms with E-state index in [-0.39, 0.29) is 0 Å². The first-order chi connectivity index (χ1) is 3.77. The van der Waals surface area contributed by atoms with Crippen LogP contribution in [0.3, 0.4) is 0 Å². The van der Waals surface area contributed by atoms with Crippen molar-refractivity contribution in [1.29, 1.82) is 0 Å². The summed E-state index contributed by atoms with van der Waals surface area (Å²) in [7, 11) is 1.85. The Balaban J connectivity index is 2.93. The fourth-order valence-electron chi connectivity index (χ4n) is 0.262. The fraction of sp³-hybridized carbons (Fsp3) is 0.750. The number of nitrogens with one attached hydrogen (secondary N) is 2. The summed E-state index contributed by atoms with van der Waals surface area (Å²) in [6.45, 7) is 2.50. The van der Waals surface area contributed by atoms with Gasteiger partial charge in [-0.1, -0.05) is 0 Å². The van der Waals surface area contributed by atoms with Crippen LogP contribution in [0.15, 0.2) is 5.10 Å². The SMILES string of the molecule is CC=NNC[NH+](C)N. The third-order valence-electron chi connectivity index (χ3n) is 0.578. The second-order valence-corrected chi connectivity index (χ2v) is 1.57. The molecule has 0 heterocycles. The molecule has 0 radical (unpaired) electrons. The molecule has 0 aromatic carbocycles. The third-order valence-corrected chi connectivity index (χ3v) is 0.578. The van der Waals surface area contributed by atoms with E-state index in [0.717, 1.165) is 5.01 Å². The topological polar surface area (TPSA) is 54.9 Å². The molecule has 48 valence electrons. The van der Waals surface area contributed by atoms with Crippen LogP contribution in [0.5, 0.6) is 0 Å². The zero-order chi connectivity index (χ0) is 6.41. The van der Waals surface area contributed by atoms with Crippen LogP contribution in [0.2, 0.25) is 0 Å². The predicted molar refractivity (Wildman–Crippen MR) is 33.2 cm³/mol. The van der Waals surface area contributed by atoms with E-state index in [1.807, 2.05) is 14.0 Å². The standard InChI is InChI=1S/C4H12N4/c1-3-6-7-4-8(2)5/h3,7H,4-5H2,1-2H3/p+1. The summed E-state index contributed by atoms with van der Waals surface area (Å²) in [6.07, 6.45) is 1.68. The minimum atomic E-state index is 0.657. The number of rotatable bonds is 3. The number of nitrogens with two attached hydrogens (primary N) is 1. The highest BCUT2D eigenvalue weighted by Crippen LogP contribution is 1.45. The van der Waals surface area contributed by atoms with Gasteiger partial charge in [0.15, 0.2) is 6.67 Å². The highest BCUT2D eigenvalue weighted by atomic mass is 15.5.